The Labute approximate surface area is 84.4 Å². The highest BCUT2D eigenvalue weighted by Gasteiger charge is 2.15. The third kappa shape index (κ3) is 2.20. The molecule has 0 heterocycles. The summed E-state index contributed by atoms with van der Waals surface area (Å²) in [5.41, 5.74) is 4.83. The summed E-state index contributed by atoms with van der Waals surface area (Å²) in [6.45, 7) is 0. The van der Waals surface area contributed by atoms with E-state index in [1.54, 1.807) is 0 Å². The first kappa shape index (κ1) is 10.0. The number of rotatable bonds is 2. The molecule has 13 heavy (non-hydrogen) atoms. The number of carbonyl (C=O) groups is 2. The molecule has 1 aromatic rings. The molecule has 0 radical (unpaired) electrons. The van der Waals surface area contributed by atoms with Crippen molar-refractivity contribution >= 4 is 34.9 Å². The highest BCUT2D eigenvalue weighted by atomic mass is 35.5. The van der Waals surface area contributed by atoms with Crippen LogP contribution in [0.3, 0.4) is 0 Å². The fourth-order valence-corrected chi connectivity index (χ4v) is 1.18. The van der Waals surface area contributed by atoms with Crippen molar-refractivity contribution in [2.24, 2.45) is 5.73 Å². The van der Waals surface area contributed by atoms with Crippen molar-refractivity contribution in [1.29, 1.82) is 0 Å². The third-order valence-electron chi connectivity index (χ3n) is 1.40. The lowest BCUT2D eigenvalue weighted by atomic mass is 10.1. The van der Waals surface area contributed by atoms with Crippen LogP contribution in [-0.2, 0) is 4.79 Å². The van der Waals surface area contributed by atoms with Gasteiger partial charge in [-0.25, -0.2) is 0 Å². The molecule has 0 saturated carbocycles. The van der Waals surface area contributed by atoms with E-state index in [2.05, 4.69) is 0 Å². The van der Waals surface area contributed by atoms with Gasteiger partial charge in [0.05, 0.1) is 5.02 Å². The van der Waals surface area contributed by atoms with Crippen LogP contribution in [0.1, 0.15) is 10.4 Å². The Hall–Kier alpha value is -1.06. The largest absolute Gasteiger partial charge is 0.363 e. The molecule has 3 nitrogen and oxygen atoms in total. The molecule has 0 aliphatic heterocycles. The van der Waals surface area contributed by atoms with Crippen LogP contribution < -0.4 is 5.73 Å². The number of benzene rings is 1. The van der Waals surface area contributed by atoms with E-state index in [0.717, 1.165) is 0 Å². The number of nitrogens with two attached hydrogens (primary N) is 1. The first-order valence-electron chi connectivity index (χ1n) is 3.31. The van der Waals surface area contributed by atoms with E-state index >= 15 is 0 Å². The summed E-state index contributed by atoms with van der Waals surface area (Å²) >= 11 is 11.3. The highest BCUT2D eigenvalue weighted by Crippen LogP contribution is 2.20. The predicted octanol–water partition coefficient (Wildman–Crippen LogP) is 1.66. The van der Waals surface area contributed by atoms with Gasteiger partial charge in [-0.2, -0.15) is 0 Å². The van der Waals surface area contributed by atoms with Crippen molar-refractivity contribution in [3.63, 3.8) is 0 Å². The highest BCUT2D eigenvalue weighted by molar-refractivity contribution is 6.47. The van der Waals surface area contributed by atoms with Crippen LogP contribution in [0.15, 0.2) is 18.2 Å². The molecule has 0 unspecified atom stereocenters. The second-order valence-electron chi connectivity index (χ2n) is 2.32. The Morgan fingerprint density at radius 3 is 2.38 bits per heavy atom. The molecule has 0 saturated heterocycles. The van der Waals surface area contributed by atoms with Gasteiger partial charge in [-0.15, -0.1) is 0 Å². The smallest absolute Gasteiger partial charge is 0.289 e. The Morgan fingerprint density at radius 2 is 1.85 bits per heavy atom. The molecule has 0 bridgehead atoms. The number of ketones is 1. The van der Waals surface area contributed by atoms with Gasteiger partial charge in [0.15, 0.2) is 0 Å². The van der Waals surface area contributed by atoms with Crippen LogP contribution in [0, 0.1) is 0 Å². The number of halogens is 2. The average molecular weight is 218 g/mol. The van der Waals surface area contributed by atoms with Crippen LogP contribution in [0.25, 0.3) is 0 Å². The molecule has 2 N–H and O–H groups in total. The van der Waals surface area contributed by atoms with Gasteiger partial charge in [0.2, 0.25) is 0 Å². The molecule has 68 valence electrons. The summed E-state index contributed by atoms with van der Waals surface area (Å²) in [7, 11) is 0. The van der Waals surface area contributed by atoms with Gasteiger partial charge in [0.25, 0.3) is 11.7 Å². The monoisotopic (exact) mass is 217 g/mol. The molecule has 0 aliphatic carbocycles. The van der Waals surface area contributed by atoms with E-state index in [9.17, 15) is 9.59 Å². The van der Waals surface area contributed by atoms with Gasteiger partial charge in [0.1, 0.15) is 0 Å². The molecule has 1 aromatic carbocycles. The van der Waals surface area contributed by atoms with Gasteiger partial charge in [-0.3, -0.25) is 9.59 Å². The van der Waals surface area contributed by atoms with Crippen molar-refractivity contribution < 1.29 is 9.59 Å². The van der Waals surface area contributed by atoms with E-state index in [1.807, 2.05) is 0 Å². The minimum absolute atomic E-state index is 0.0293. The zero-order valence-corrected chi connectivity index (χ0v) is 7.89. The summed E-state index contributed by atoms with van der Waals surface area (Å²) in [6.07, 6.45) is 0. The number of primary amides is 1. The fraction of sp³-hybridized carbons (Fsp3) is 0. The van der Waals surface area contributed by atoms with Crippen molar-refractivity contribution in [1.82, 2.24) is 0 Å². The SMILES string of the molecule is NC(=O)C(=O)c1cc(Cl)ccc1Cl. The second-order valence-corrected chi connectivity index (χ2v) is 3.16. The maximum absolute atomic E-state index is 11.1. The Balaban J connectivity index is 3.21. The lowest BCUT2D eigenvalue weighted by molar-refractivity contribution is -0.114. The minimum Gasteiger partial charge on any atom is -0.363 e. The summed E-state index contributed by atoms with van der Waals surface area (Å²) in [4.78, 5) is 21.6. The van der Waals surface area contributed by atoms with Gasteiger partial charge in [-0.05, 0) is 18.2 Å². The van der Waals surface area contributed by atoms with Gasteiger partial charge in [-0.1, -0.05) is 23.2 Å². The maximum Gasteiger partial charge on any atom is 0.289 e. The fourth-order valence-electron chi connectivity index (χ4n) is 0.804. The number of hydrogen-bond acceptors (Lipinski definition) is 2. The zero-order chi connectivity index (χ0) is 10.0. The second kappa shape index (κ2) is 3.77. The summed E-state index contributed by atoms with van der Waals surface area (Å²) < 4.78 is 0. The van der Waals surface area contributed by atoms with Crippen LogP contribution in [0.2, 0.25) is 10.0 Å². The average Bonchev–Trinajstić information content (AvgIpc) is 2.08. The van der Waals surface area contributed by atoms with Gasteiger partial charge < -0.3 is 5.73 Å². The first-order chi connectivity index (χ1) is 6.02. The lowest BCUT2D eigenvalue weighted by Gasteiger charge is -2.00. The van der Waals surface area contributed by atoms with E-state index < -0.39 is 11.7 Å². The standard InChI is InChI=1S/C8H5Cl2NO2/c9-4-1-2-6(10)5(3-4)7(12)8(11)13/h1-3H,(H2,11,13). The topological polar surface area (TPSA) is 60.2 Å². The molecule has 1 amide bonds. The van der Waals surface area contributed by atoms with Crippen molar-refractivity contribution in [3.05, 3.63) is 33.8 Å². The summed E-state index contributed by atoms with van der Waals surface area (Å²) in [6, 6.07) is 4.25. The summed E-state index contributed by atoms with van der Waals surface area (Å²) in [5, 5.41) is 0.488. The molecule has 5 heteroatoms. The molecule has 0 aliphatic rings. The Kier molecular flexibility index (Phi) is 2.90. The molecular weight excluding hydrogens is 213 g/mol. The maximum atomic E-state index is 11.1. The number of carbonyl (C=O) groups excluding carboxylic acids is 2. The van der Waals surface area contributed by atoms with Crippen LogP contribution in [0.4, 0.5) is 0 Å². The van der Waals surface area contributed by atoms with E-state index in [4.69, 9.17) is 28.9 Å². The number of hydrogen-bond donors (Lipinski definition) is 1. The number of amides is 1. The van der Waals surface area contributed by atoms with Crippen molar-refractivity contribution in [2.75, 3.05) is 0 Å². The molecule has 0 fully saturated rings. The molecule has 0 spiro atoms. The lowest BCUT2D eigenvalue weighted by Crippen LogP contribution is -2.23. The van der Waals surface area contributed by atoms with E-state index in [1.165, 1.54) is 18.2 Å². The Morgan fingerprint density at radius 1 is 1.23 bits per heavy atom. The third-order valence-corrected chi connectivity index (χ3v) is 1.96. The number of Topliss-reactive ketones (excluding diaryl/α,β-unsaturated/α-hetero) is 1. The first-order valence-corrected chi connectivity index (χ1v) is 4.07. The van der Waals surface area contributed by atoms with Crippen molar-refractivity contribution in [3.8, 4) is 0 Å². The van der Waals surface area contributed by atoms with Gasteiger partial charge in [0, 0.05) is 10.6 Å². The summed E-state index contributed by atoms with van der Waals surface area (Å²) in [5.74, 6) is -1.89. The molecular formula is C8H5Cl2NO2. The van der Waals surface area contributed by atoms with Crippen LogP contribution >= 0.6 is 23.2 Å². The van der Waals surface area contributed by atoms with Crippen LogP contribution in [0.5, 0.6) is 0 Å². The van der Waals surface area contributed by atoms with E-state index in [-0.39, 0.29) is 10.6 Å². The molecule has 1 rings (SSSR count). The molecule has 0 aromatic heterocycles. The Bertz CT molecular complexity index is 376. The van der Waals surface area contributed by atoms with Crippen molar-refractivity contribution in [2.45, 2.75) is 0 Å². The minimum atomic E-state index is -1.05. The normalized spacial score (nSPS) is 9.69. The van der Waals surface area contributed by atoms with Crippen LogP contribution in [-0.4, -0.2) is 11.7 Å². The van der Waals surface area contributed by atoms with Gasteiger partial charge >= 0.3 is 0 Å². The quantitative estimate of drug-likeness (QED) is 0.606. The molecule has 0 atom stereocenters. The van der Waals surface area contributed by atoms with E-state index in [0.29, 0.717) is 5.02 Å². The zero-order valence-electron chi connectivity index (χ0n) is 6.38. The predicted molar refractivity (Wildman–Crippen MR) is 50.0 cm³/mol.